The maximum atomic E-state index is 13.6. The summed E-state index contributed by atoms with van der Waals surface area (Å²) in [7, 11) is 1.78. The van der Waals surface area contributed by atoms with Crippen LogP contribution in [0.25, 0.3) is 0 Å². The smallest absolute Gasteiger partial charge is 0.274 e. The van der Waals surface area contributed by atoms with Crippen LogP contribution in [0.5, 0.6) is 5.88 Å². The number of halogens is 1. The summed E-state index contributed by atoms with van der Waals surface area (Å²) in [5.41, 5.74) is 0.0223. The highest BCUT2D eigenvalue weighted by Gasteiger charge is 2.55. The van der Waals surface area contributed by atoms with Gasteiger partial charge in [-0.15, -0.1) is 0 Å². The second kappa shape index (κ2) is 6.11. The van der Waals surface area contributed by atoms with Crippen LogP contribution in [0.4, 0.5) is 4.39 Å². The fourth-order valence-corrected chi connectivity index (χ4v) is 3.46. The number of likely N-dealkylation sites (tertiary alicyclic amines) is 1. The second-order valence-corrected chi connectivity index (χ2v) is 6.54. The molecule has 0 N–H and O–H groups in total. The molecule has 0 aromatic carbocycles. The van der Waals surface area contributed by atoms with Gasteiger partial charge in [0.1, 0.15) is 11.3 Å². The molecule has 0 bridgehead atoms. The Bertz CT molecular complexity index is 788. The molecule has 0 saturated carbocycles. The van der Waals surface area contributed by atoms with Gasteiger partial charge in [0.25, 0.3) is 5.91 Å². The first-order valence-electron chi connectivity index (χ1n) is 8.24. The number of ether oxygens (including phenoxy) is 2. The van der Waals surface area contributed by atoms with Gasteiger partial charge in [-0.1, -0.05) is 0 Å². The van der Waals surface area contributed by atoms with Crippen LogP contribution in [-0.2, 0) is 11.8 Å². The number of hydrogen-bond acceptors (Lipinski definition) is 5. The van der Waals surface area contributed by atoms with Crippen molar-refractivity contribution >= 4 is 5.91 Å². The maximum absolute atomic E-state index is 13.6. The maximum Gasteiger partial charge on any atom is 0.274 e. The predicted molar refractivity (Wildman–Crippen MR) is 85.6 cm³/mol. The number of rotatable bonds is 4. The van der Waals surface area contributed by atoms with Gasteiger partial charge in [-0.3, -0.25) is 9.48 Å². The van der Waals surface area contributed by atoms with E-state index in [0.717, 1.165) is 6.42 Å². The zero-order valence-corrected chi connectivity index (χ0v) is 13.9. The molecular weight excluding hydrogens is 327 g/mol. The van der Waals surface area contributed by atoms with Gasteiger partial charge in [0.05, 0.1) is 19.7 Å². The highest BCUT2D eigenvalue weighted by atomic mass is 19.1. The predicted octanol–water partition coefficient (Wildman–Crippen LogP) is 1.26. The number of aromatic nitrogens is 3. The molecule has 8 heteroatoms. The van der Waals surface area contributed by atoms with Crippen LogP contribution >= 0.6 is 0 Å². The lowest BCUT2D eigenvalue weighted by atomic mass is 9.81. The number of nitrogens with zero attached hydrogens (tertiary/aromatic N) is 4. The monoisotopic (exact) mass is 346 g/mol. The Morgan fingerprint density at radius 1 is 1.48 bits per heavy atom. The number of hydrogen-bond donors (Lipinski definition) is 0. The minimum absolute atomic E-state index is 0.00490. The highest BCUT2D eigenvalue weighted by molar-refractivity contribution is 5.93. The molecule has 2 saturated heterocycles. The third kappa shape index (κ3) is 2.86. The topological polar surface area (TPSA) is 69.5 Å². The van der Waals surface area contributed by atoms with Crippen molar-refractivity contribution in [3.8, 4) is 5.88 Å². The minimum Gasteiger partial charge on any atom is -0.475 e. The summed E-state index contributed by atoms with van der Waals surface area (Å²) in [6.45, 7) is 1.94. The molecule has 2 aliphatic heterocycles. The lowest BCUT2D eigenvalue weighted by Gasteiger charge is -2.49. The molecule has 4 heterocycles. The van der Waals surface area contributed by atoms with E-state index >= 15 is 0 Å². The van der Waals surface area contributed by atoms with Crippen molar-refractivity contribution in [1.82, 2.24) is 19.7 Å². The van der Waals surface area contributed by atoms with Crippen molar-refractivity contribution in [3.63, 3.8) is 0 Å². The van der Waals surface area contributed by atoms with Crippen molar-refractivity contribution < 1.29 is 18.7 Å². The molecule has 2 aromatic rings. The van der Waals surface area contributed by atoms with Gasteiger partial charge in [-0.25, -0.2) is 9.37 Å². The van der Waals surface area contributed by atoms with Gasteiger partial charge < -0.3 is 14.4 Å². The normalized spacial score (nSPS) is 21.4. The molecule has 7 nitrogen and oxygen atoms in total. The lowest BCUT2D eigenvalue weighted by molar-refractivity contribution is -0.122. The molecule has 0 radical (unpaired) electrons. The van der Waals surface area contributed by atoms with Crippen LogP contribution in [0.1, 0.15) is 16.9 Å². The zero-order valence-electron chi connectivity index (χ0n) is 13.9. The van der Waals surface area contributed by atoms with Gasteiger partial charge in [0.2, 0.25) is 5.88 Å². The quantitative estimate of drug-likeness (QED) is 0.834. The minimum atomic E-state index is -0.476. The lowest BCUT2D eigenvalue weighted by Crippen LogP contribution is -2.66. The van der Waals surface area contributed by atoms with E-state index in [0.29, 0.717) is 32.0 Å². The molecule has 2 fully saturated rings. The molecule has 1 unspecified atom stereocenters. The molecule has 132 valence electrons. The Hall–Kier alpha value is -2.48. The zero-order chi connectivity index (χ0) is 17.4. The van der Waals surface area contributed by atoms with Crippen molar-refractivity contribution in [2.75, 3.05) is 26.3 Å². The second-order valence-electron chi connectivity index (χ2n) is 6.54. The van der Waals surface area contributed by atoms with E-state index < -0.39 is 11.4 Å². The van der Waals surface area contributed by atoms with Crippen LogP contribution < -0.4 is 4.74 Å². The first-order chi connectivity index (χ1) is 12.1. The van der Waals surface area contributed by atoms with Crippen LogP contribution in [0.3, 0.4) is 0 Å². The number of amides is 1. The largest absolute Gasteiger partial charge is 0.475 e. The van der Waals surface area contributed by atoms with E-state index in [2.05, 4.69) is 10.1 Å². The van der Waals surface area contributed by atoms with Crippen LogP contribution in [0.15, 0.2) is 30.6 Å². The van der Waals surface area contributed by atoms with E-state index in [1.165, 1.54) is 18.3 Å². The van der Waals surface area contributed by atoms with Crippen LogP contribution in [-0.4, -0.2) is 57.5 Å². The summed E-state index contributed by atoms with van der Waals surface area (Å²) >= 11 is 0. The van der Waals surface area contributed by atoms with E-state index in [1.54, 1.807) is 28.9 Å². The Morgan fingerprint density at radius 2 is 2.32 bits per heavy atom. The summed E-state index contributed by atoms with van der Waals surface area (Å²) in [6, 6.07) is 4.54. The van der Waals surface area contributed by atoms with E-state index in [9.17, 15) is 9.18 Å². The summed E-state index contributed by atoms with van der Waals surface area (Å²) < 4.78 is 26.7. The molecule has 2 aromatic heterocycles. The van der Waals surface area contributed by atoms with Crippen molar-refractivity contribution in [2.45, 2.75) is 12.0 Å². The van der Waals surface area contributed by atoms with Crippen LogP contribution in [0.2, 0.25) is 0 Å². The summed E-state index contributed by atoms with van der Waals surface area (Å²) in [6.07, 6.45) is 4.06. The molecule has 1 spiro atoms. The van der Waals surface area contributed by atoms with Crippen LogP contribution in [0, 0.1) is 11.7 Å². The standard InChI is InChI=1S/C17H19FN4O3/c1-21-7-4-14(20-21)16(23)22-10-17(11-22)12(5-8-25-17)9-24-15-13(18)3-2-6-19-15/h2-4,6-7,12H,5,8-11H2,1H3. The highest BCUT2D eigenvalue weighted by Crippen LogP contribution is 2.40. The Labute approximate surface area is 144 Å². The Kier molecular flexibility index (Phi) is 3.91. The van der Waals surface area contributed by atoms with Crippen molar-refractivity contribution in [3.05, 3.63) is 42.1 Å². The first kappa shape index (κ1) is 16.0. The fourth-order valence-electron chi connectivity index (χ4n) is 3.46. The number of carbonyl (C=O) groups is 1. The van der Waals surface area contributed by atoms with Gasteiger partial charge >= 0.3 is 0 Å². The van der Waals surface area contributed by atoms with Crippen molar-refractivity contribution in [2.24, 2.45) is 13.0 Å². The number of carbonyl (C=O) groups excluding carboxylic acids is 1. The molecular formula is C17H19FN4O3. The molecule has 4 rings (SSSR count). The summed E-state index contributed by atoms with van der Waals surface area (Å²) in [4.78, 5) is 18.0. The Morgan fingerprint density at radius 3 is 3.04 bits per heavy atom. The Balaban J connectivity index is 1.38. The van der Waals surface area contributed by atoms with Crippen molar-refractivity contribution in [1.29, 1.82) is 0 Å². The number of aryl methyl sites for hydroxylation is 1. The van der Waals surface area contributed by atoms with Gasteiger partial charge in [0.15, 0.2) is 5.82 Å². The molecule has 1 atom stereocenters. The average molecular weight is 346 g/mol. The van der Waals surface area contributed by atoms with E-state index in [4.69, 9.17) is 9.47 Å². The molecule has 0 aliphatic carbocycles. The first-order valence-corrected chi connectivity index (χ1v) is 8.24. The molecule has 25 heavy (non-hydrogen) atoms. The van der Waals surface area contributed by atoms with Gasteiger partial charge in [-0.05, 0) is 24.6 Å². The number of pyridine rings is 1. The summed E-state index contributed by atoms with van der Waals surface area (Å²) in [5, 5.41) is 4.14. The average Bonchev–Trinajstić information content (AvgIpc) is 3.18. The molecule has 2 aliphatic rings. The third-order valence-corrected chi connectivity index (χ3v) is 4.88. The van der Waals surface area contributed by atoms with Gasteiger partial charge in [0, 0.05) is 32.0 Å². The summed E-state index contributed by atoms with van der Waals surface area (Å²) in [5.74, 6) is -0.472. The fraction of sp³-hybridized carbons (Fsp3) is 0.471. The SMILES string of the molecule is Cn1ccc(C(=O)N2CC3(C2)OCCC3COc2ncccc2F)n1. The third-order valence-electron chi connectivity index (χ3n) is 4.88. The van der Waals surface area contributed by atoms with E-state index in [-0.39, 0.29) is 17.7 Å². The van der Waals surface area contributed by atoms with E-state index in [1.807, 2.05) is 0 Å². The molecule has 1 amide bonds. The van der Waals surface area contributed by atoms with Gasteiger partial charge in [-0.2, -0.15) is 5.10 Å².